The molecule has 1 saturated carbocycles. The van der Waals surface area contributed by atoms with Gasteiger partial charge in [0.25, 0.3) is 0 Å². The first-order chi connectivity index (χ1) is 8.99. The molecule has 0 unspecified atom stereocenters. The lowest BCUT2D eigenvalue weighted by Crippen LogP contribution is -2.49. The molecule has 1 amide bonds. The Bertz CT molecular complexity index is 310. The molecule has 1 aliphatic rings. The van der Waals surface area contributed by atoms with Crippen LogP contribution in [0.2, 0.25) is 0 Å². The van der Waals surface area contributed by atoms with Crippen LogP contribution < -0.4 is 11.1 Å². The fourth-order valence-corrected chi connectivity index (χ4v) is 2.98. The lowest BCUT2D eigenvalue weighted by molar-refractivity contribution is -0.128. The Hall–Kier alpha value is -0.680. The summed E-state index contributed by atoms with van der Waals surface area (Å²) in [7, 11) is 4.06. The highest BCUT2D eigenvalue weighted by Gasteiger charge is 2.41. The van der Waals surface area contributed by atoms with Crippen LogP contribution in [0.25, 0.3) is 0 Å². The predicted octanol–water partition coefficient (Wildman–Crippen LogP) is 1.68. The Labute approximate surface area is 122 Å². The first-order valence-corrected chi connectivity index (χ1v) is 7.63. The van der Waals surface area contributed by atoms with Gasteiger partial charge in [0, 0.05) is 6.54 Å². The first-order valence-electron chi connectivity index (χ1n) is 7.22. The van der Waals surface area contributed by atoms with E-state index in [2.05, 4.69) is 10.2 Å². The van der Waals surface area contributed by atoms with E-state index in [9.17, 15) is 4.79 Å². The lowest BCUT2D eigenvalue weighted by atomic mass is 9.79. The van der Waals surface area contributed by atoms with Crippen LogP contribution in [0.15, 0.2) is 0 Å². The molecular weight excluding hydrogens is 258 g/mol. The van der Waals surface area contributed by atoms with Crippen molar-refractivity contribution in [2.24, 2.45) is 11.1 Å². The van der Waals surface area contributed by atoms with Gasteiger partial charge in [-0.05, 0) is 39.9 Å². The van der Waals surface area contributed by atoms with Gasteiger partial charge in [0.2, 0.25) is 5.91 Å². The van der Waals surface area contributed by atoms with Crippen molar-refractivity contribution in [3.63, 3.8) is 0 Å². The first kappa shape index (κ1) is 16.4. The number of amides is 1. The molecule has 19 heavy (non-hydrogen) atoms. The number of rotatable bonds is 6. The molecule has 110 valence electrons. The highest BCUT2D eigenvalue weighted by Crippen LogP contribution is 2.35. The van der Waals surface area contributed by atoms with Crippen LogP contribution in [0.5, 0.6) is 0 Å². The van der Waals surface area contributed by atoms with Gasteiger partial charge in [-0.3, -0.25) is 4.79 Å². The van der Waals surface area contributed by atoms with E-state index < -0.39 is 5.41 Å². The highest BCUT2D eigenvalue weighted by molar-refractivity contribution is 7.80. The van der Waals surface area contributed by atoms with Crippen LogP contribution in [0, 0.1) is 5.41 Å². The average molecular weight is 285 g/mol. The van der Waals surface area contributed by atoms with E-state index in [-0.39, 0.29) is 5.91 Å². The number of hydrogen-bond donors (Lipinski definition) is 2. The zero-order valence-electron chi connectivity index (χ0n) is 12.2. The van der Waals surface area contributed by atoms with E-state index in [1.807, 2.05) is 14.1 Å². The van der Waals surface area contributed by atoms with E-state index in [1.165, 1.54) is 12.8 Å². The quantitative estimate of drug-likeness (QED) is 0.443. The molecule has 0 aromatic carbocycles. The molecule has 0 bridgehead atoms. The van der Waals surface area contributed by atoms with E-state index in [4.69, 9.17) is 18.0 Å². The maximum atomic E-state index is 12.5. The molecule has 0 saturated heterocycles. The summed E-state index contributed by atoms with van der Waals surface area (Å²) in [6, 6.07) is 0. The van der Waals surface area contributed by atoms with Crippen LogP contribution in [0.1, 0.15) is 44.9 Å². The smallest absolute Gasteiger partial charge is 0.233 e. The van der Waals surface area contributed by atoms with Gasteiger partial charge in [-0.2, -0.15) is 0 Å². The summed E-state index contributed by atoms with van der Waals surface area (Å²) in [5.41, 5.74) is 5.29. The summed E-state index contributed by atoms with van der Waals surface area (Å²) in [6.07, 6.45) is 7.01. The third-order valence-electron chi connectivity index (χ3n) is 3.93. The molecule has 0 aliphatic heterocycles. The summed E-state index contributed by atoms with van der Waals surface area (Å²) in [5.74, 6) is 0.0423. The van der Waals surface area contributed by atoms with Crippen LogP contribution >= 0.6 is 12.2 Å². The summed E-state index contributed by atoms with van der Waals surface area (Å²) in [4.78, 5) is 15.0. The molecule has 5 heteroatoms. The third-order valence-corrected chi connectivity index (χ3v) is 4.32. The van der Waals surface area contributed by atoms with Gasteiger partial charge in [-0.25, -0.2) is 0 Å². The van der Waals surface area contributed by atoms with Crippen molar-refractivity contribution in [2.75, 3.05) is 27.2 Å². The van der Waals surface area contributed by atoms with Gasteiger partial charge in [0.1, 0.15) is 0 Å². The van der Waals surface area contributed by atoms with Crippen molar-refractivity contribution in [3.8, 4) is 0 Å². The van der Waals surface area contributed by atoms with Crippen molar-refractivity contribution in [1.29, 1.82) is 0 Å². The number of nitrogens with one attached hydrogen (secondary N) is 1. The maximum absolute atomic E-state index is 12.5. The second-order valence-electron chi connectivity index (χ2n) is 5.77. The third kappa shape index (κ3) is 4.73. The fraction of sp³-hybridized carbons (Fsp3) is 0.857. The fourth-order valence-electron chi connectivity index (χ4n) is 2.68. The number of nitrogens with zero attached hydrogens (tertiary/aromatic N) is 1. The molecular formula is C14H27N3OS. The standard InChI is InChI=1S/C14H27N3OS/c1-17(2)11-7-10-16-13(18)14(12(15)19)8-5-3-4-6-9-14/h3-11H2,1-2H3,(H2,15,19)(H,16,18). The zero-order chi connectivity index (χ0) is 14.3. The summed E-state index contributed by atoms with van der Waals surface area (Å²) >= 11 is 5.19. The highest BCUT2D eigenvalue weighted by atomic mass is 32.1. The van der Waals surface area contributed by atoms with Crippen molar-refractivity contribution in [1.82, 2.24) is 10.2 Å². The molecule has 0 heterocycles. The number of carbonyl (C=O) groups excluding carboxylic acids is 1. The van der Waals surface area contributed by atoms with E-state index in [0.717, 1.165) is 38.6 Å². The van der Waals surface area contributed by atoms with E-state index in [1.54, 1.807) is 0 Å². The maximum Gasteiger partial charge on any atom is 0.233 e. The van der Waals surface area contributed by atoms with Crippen LogP contribution in [0.3, 0.4) is 0 Å². The molecule has 0 aromatic heterocycles. The van der Waals surface area contributed by atoms with Gasteiger partial charge in [0.05, 0.1) is 10.4 Å². The van der Waals surface area contributed by atoms with E-state index >= 15 is 0 Å². The Morgan fingerprint density at radius 3 is 2.32 bits per heavy atom. The minimum absolute atomic E-state index is 0.0423. The number of carbonyl (C=O) groups is 1. The Kier molecular flexibility index (Phi) is 6.72. The molecule has 4 nitrogen and oxygen atoms in total. The van der Waals surface area contributed by atoms with Crippen LogP contribution in [-0.2, 0) is 4.79 Å². The Morgan fingerprint density at radius 2 is 1.84 bits per heavy atom. The molecule has 0 aromatic rings. The SMILES string of the molecule is CN(C)CCCNC(=O)C1(C(N)=S)CCCCCC1. The average Bonchev–Trinajstić information content (AvgIpc) is 2.60. The summed E-state index contributed by atoms with van der Waals surface area (Å²) in [5, 5.41) is 3.02. The molecule has 0 radical (unpaired) electrons. The largest absolute Gasteiger partial charge is 0.392 e. The molecule has 1 fully saturated rings. The predicted molar refractivity (Wildman–Crippen MR) is 83.1 cm³/mol. The van der Waals surface area contributed by atoms with E-state index in [0.29, 0.717) is 11.5 Å². The molecule has 0 spiro atoms. The number of thiocarbonyl (C=S) groups is 1. The van der Waals surface area contributed by atoms with Crippen molar-refractivity contribution < 1.29 is 4.79 Å². The summed E-state index contributed by atoms with van der Waals surface area (Å²) in [6.45, 7) is 1.67. The Morgan fingerprint density at radius 1 is 1.26 bits per heavy atom. The molecule has 1 rings (SSSR count). The monoisotopic (exact) mass is 285 g/mol. The number of hydrogen-bond acceptors (Lipinski definition) is 3. The van der Waals surface area contributed by atoms with Gasteiger partial charge in [-0.1, -0.05) is 37.9 Å². The van der Waals surface area contributed by atoms with Crippen LogP contribution in [0.4, 0.5) is 0 Å². The lowest BCUT2D eigenvalue weighted by Gasteiger charge is -2.30. The topological polar surface area (TPSA) is 58.4 Å². The van der Waals surface area contributed by atoms with Crippen molar-refractivity contribution >= 4 is 23.1 Å². The van der Waals surface area contributed by atoms with Crippen molar-refractivity contribution in [3.05, 3.63) is 0 Å². The minimum atomic E-state index is -0.593. The summed E-state index contributed by atoms with van der Waals surface area (Å²) < 4.78 is 0. The normalized spacial score (nSPS) is 18.9. The van der Waals surface area contributed by atoms with Gasteiger partial charge in [0.15, 0.2) is 0 Å². The van der Waals surface area contributed by atoms with Gasteiger partial charge in [-0.15, -0.1) is 0 Å². The second-order valence-corrected chi connectivity index (χ2v) is 6.21. The molecule has 0 atom stereocenters. The van der Waals surface area contributed by atoms with Crippen molar-refractivity contribution in [2.45, 2.75) is 44.9 Å². The molecule has 3 N–H and O–H groups in total. The van der Waals surface area contributed by atoms with Gasteiger partial charge >= 0.3 is 0 Å². The van der Waals surface area contributed by atoms with Crippen LogP contribution in [-0.4, -0.2) is 43.0 Å². The van der Waals surface area contributed by atoms with Gasteiger partial charge < -0.3 is 16.0 Å². The number of nitrogens with two attached hydrogens (primary N) is 1. The Balaban J connectivity index is 2.55. The minimum Gasteiger partial charge on any atom is -0.392 e. The zero-order valence-corrected chi connectivity index (χ0v) is 13.0. The molecule has 1 aliphatic carbocycles. The second kappa shape index (κ2) is 7.80.